The molecule has 24 heavy (non-hydrogen) atoms. The summed E-state index contributed by atoms with van der Waals surface area (Å²) in [7, 11) is -3.60. The number of piperidine rings is 1. The van der Waals surface area contributed by atoms with E-state index in [1.165, 1.54) is 4.31 Å². The Morgan fingerprint density at radius 3 is 2.00 bits per heavy atom. The summed E-state index contributed by atoms with van der Waals surface area (Å²) >= 11 is 0. The molecule has 0 radical (unpaired) electrons. The summed E-state index contributed by atoms with van der Waals surface area (Å²) < 4.78 is 27.6. The Hall–Kier alpha value is -1.40. The maximum absolute atomic E-state index is 13.0. The highest BCUT2D eigenvalue weighted by Crippen LogP contribution is 2.25. The molecule has 5 nitrogen and oxygen atoms in total. The average Bonchev–Trinajstić information content (AvgIpc) is 2.91. The molecule has 0 atom stereocenters. The van der Waals surface area contributed by atoms with Gasteiger partial charge in [-0.25, -0.2) is 8.42 Å². The van der Waals surface area contributed by atoms with Gasteiger partial charge in [-0.3, -0.25) is 4.79 Å². The van der Waals surface area contributed by atoms with Crippen molar-refractivity contribution in [2.45, 2.75) is 49.8 Å². The Labute approximate surface area is 144 Å². The molecule has 0 bridgehead atoms. The molecule has 0 N–H and O–H groups in total. The van der Waals surface area contributed by atoms with Crippen LogP contribution in [0.3, 0.4) is 0 Å². The SMILES string of the molecule is O=C(c1ccccc1S(=O)(=O)N1CCCCC1)N1CCCCCC1. The highest BCUT2D eigenvalue weighted by molar-refractivity contribution is 7.89. The number of sulfonamides is 1. The molecule has 0 unspecified atom stereocenters. The Morgan fingerprint density at radius 1 is 0.792 bits per heavy atom. The van der Waals surface area contributed by atoms with Gasteiger partial charge in [0.05, 0.1) is 10.5 Å². The van der Waals surface area contributed by atoms with Crippen molar-refractivity contribution in [2.24, 2.45) is 0 Å². The van der Waals surface area contributed by atoms with Crippen LogP contribution in [0.4, 0.5) is 0 Å². The van der Waals surface area contributed by atoms with Crippen LogP contribution >= 0.6 is 0 Å². The van der Waals surface area contributed by atoms with E-state index in [2.05, 4.69) is 0 Å². The number of amides is 1. The monoisotopic (exact) mass is 350 g/mol. The molecule has 3 rings (SSSR count). The van der Waals surface area contributed by atoms with Crippen molar-refractivity contribution >= 4 is 15.9 Å². The Bertz CT molecular complexity index is 673. The molecule has 0 aromatic heterocycles. The van der Waals surface area contributed by atoms with E-state index in [1.807, 2.05) is 4.90 Å². The topological polar surface area (TPSA) is 57.7 Å². The van der Waals surface area contributed by atoms with Crippen LogP contribution in [0.2, 0.25) is 0 Å². The van der Waals surface area contributed by atoms with Gasteiger partial charge in [-0.1, -0.05) is 31.4 Å². The average molecular weight is 350 g/mol. The van der Waals surface area contributed by atoms with Crippen molar-refractivity contribution in [2.75, 3.05) is 26.2 Å². The lowest BCUT2D eigenvalue weighted by atomic mass is 10.2. The molecule has 0 saturated carbocycles. The lowest BCUT2D eigenvalue weighted by Gasteiger charge is -2.27. The first-order valence-corrected chi connectivity index (χ1v) is 10.4. The Kier molecular flexibility index (Phi) is 5.56. The van der Waals surface area contributed by atoms with Gasteiger partial charge in [0.15, 0.2) is 0 Å². The number of benzene rings is 1. The molecule has 0 spiro atoms. The van der Waals surface area contributed by atoms with E-state index in [9.17, 15) is 13.2 Å². The second-order valence-electron chi connectivity index (χ2n) is 6.67. The van der Waals surface area contributed by atoms with Gasteiger partial charge >= 0.3 is 0 Å². The van der Waals surface area contributed by atoms with Crippen LogP contribution in [0.1, 0.15) is 55.3 Å². The van der Waals surface area contributed by atoms with E-state index in [0.29, 0.717) is 18.7 Å². The summed E-state index contributed by atoms with van der Waals surface area (Å²) in [4.78, 5) is 14.9. The number of hydrogen-bond donors (Lipinski definition) is 0. The van der Waals surface area contributed by atoms with E-state index in [0.717, 1.165) is 58.0 Å². The highest BCUT2D eigenvalue weighted by Gasteiger charge is 2.31. The number of rotatable bonds is 3. The van der Waals surface area contributed by atoms with Crippen LogP contribution in [0, 0.1) is 0 Å². The Balaban J connectivity index is 1.91. The van der Waals surface area contributed by atoms with Gasteiger partial charge in [0, 0.05) is 26.2 Å². The summed E-state index contributed by atoms with van der Waals surface area (Å²) in [5, 5.41) is 0. The van der Waals surface area contributed by atoms with Gasteiger partial charge in [-0.05, 0) is 37.8 Å². The third kappa shape index (κ3) is 3.64. The first-order chi connectivity index (χ1) is 11.6. The molecule has 0 aliphatic carbocycles. The molecule has 2 aliphatic rings. The number of carbonyl (C=O) groups is 1. The molecule has 6 heteroatoms. The zero-order chi connectivity index (χ0) is 17.0. The van der Waals surface area contributed by atoms with Crippen molar-refractivity contribution < 1.29 is 13.2 Å². The molecule has 1 aromatic rings. The van der Waals surface area contributed by atoms with Gasteiger partial charge in [0.25, 0.3) is 5.91 Å². The van der Waals surface area contributed by atoms with Crippen molar-refractivity contribution in [3.63, 3.8) is 0 Å². The fourth-order valence-electron chi connectivity index (χ4n) is 3.56. The minimum atomic E-state index is -3.60. The zero-order valence-corrected chi connectivity index (χ0v) is 14.9. The number of carbonyl (C=O) groups excluding carboxylic acids is 1. The van der Waals surface area contributed by atoms with Crippen LogP contribution in [0.25, 0.3) is 0 Å². The first-order valence-electron chi connectivity index (χ1n) is 8.99. The van der Waals surface area contributed by atoms with Crippen LogP contribution in [0.15, 0.2) is 29.2 Å². The molecule has 132 valence electrons. The predicted molar refractivity (Wildman–Crippen MR) is 93.4 cm³/mol. The van der Waals surface area contributed by atoms with Gasteiger partial charge < -0.3 is 4.90 Å². The lowest BCUT2D eigenvalue weighted by molar-refractivity contribution is 0.0757. The zero-order valence-electron chi connectivity index (χ0n) is 14.1. The van der Waals surface area contributed by atoms with Crippen LogP contribution < -0.4 is 0 Å². The second kappa shape index (κ2) is 7.66. The van der Waals surface area contributed by atoms with E-state index in [4.69, 9.17) is 0 Å². The van der Waals surface area contributed by atoms with Crippen LogP contribution in [-0.4, -0.2) is 49.7 Å². The molecule has 2 aliphatic heterocycles. The third-order valence-electron chi connectivity index (χ3n) is 4.94. The molecule has 1 amide bonds. The largest absolute Gasteiger partial charge is 0.339 e. The van der Waals surface area contributed by atoms with Gasteiger partial charge in [0.2, 0.25) is 10.0 Å². The van der Waals surface area contributed by atoms with Crippen molar-refractivity contribution in [3.05, 3.63) is 29.8 Å². The first kappa shape index (κ1) is 17.4. The minimum absolute atomic E-state index is 0.145. The van der Waals surface area contributed by atoms with Crippen LogP contribution in [0.5, 0.6) is 0 Å². The number of hydrogen-bond acceptors (Lipinski definition) is 3. The molecule has 1 aromatic carbocycles. The third-order valence-corrected chi connectivity index (χ3v) is 6.90. The van der Waals surface area contributed by atoms with Crippen molar-refractivity contribution in [1.82, 2.24) is 9.21 Å². The summed E-state index contributed by atoms with van der Waals surface area (Å²) in [6.45, 7) is 2.54. The van der Waals surface area contributed by atoms with Crippen LogP contribution in [-0.2, 0) is 10.0 Å². The molecule has 2 fully saturated rings. The number of nitrogens with zero attached hydrogens (tertiary/aromatic N) is 2. The van der Waals surface area contributed by atoms with Gasteiger partial charge in [0.1, 0.15) is 0 Å². The van der Waals surface area contributed by atoms with E-state index >= 15 is 0 Å². The lowest BCUT2D eigenvalue weighted by Crippen LogP contribution is -2.38. The van der Waals surface area contributed by atoms with E-state index in [-0.39, 0.29) is 10.8 Å². The summed E-state index contributed by atoms with van der Waals surface area (Å²) in [6, 6.07) is 6.69. The molecule has 2 heterocycles. The van der Waals surface area contributed by atoms with Crippen molar-refractivity contribution in [1.29, 1.82) is 0 Å². The quantitative estimate of drug-likeness (QED) is 0.842. The smallest absolute Gasteiger partial charge is 0.255 e. The standard InChI is InChI=1S/C18H26N2O3S/c21-18(19-12-6-1-2-7-13-19)16-10-4-5-11-17(16)24(22,23)20-14-8-3-9-15-20/h4-5,10-11H,1-3,6-9,12-15H2. The highest BCUT2D eigenvalue weighted by atomic mass is 32.2. The number of likely N-dealkylation sites (tertiary alicyclic amines) is 1. The fourth-order valence-corrected chi connectivity index (χ4v) is 5.26. The van der Waals surface area contributed by atoms with Gasteiger partial charge in [-0.2, -0.15) is 4.31 Å². The maximum atomic E-state index is 13.0. The van der Waals surface area contributed by atoms with E-state index < -0.39 is 10.0 Å². The summed E-state index contributed by atoms with van der Waals surface area (Å²) in [6.07, 6.45) is 7.11. The second-order valence-corrected chi connectivity index (χ2v) is 8.57. The minimum Gasteiger partial charge on any atom is -0.339 e. The maximum Gasteiger partial charge on any atom is 0.255 e. The molecule has 2 saturated heterocycles. The molecular formula is C18H26N2O3S. The van der Waals surface area contributed by atoms with Crippen molar-refractivity contribution in [3.8, 4) is 0 Å². The Morgan fingerprint density at radius 2 is 1.33 bits per heavy atom. The molecular weight excluding hydrogens is 324 g/mol. The van der Waals surface area contributed by atoms with Gasteiger partial charge in [-0.15, -0.1) is 0 Å². The summed E-state index contributed by atoms with van der Waals surface area (Å²) in [5.41, 5.74) is 0.324. The summed E-state index contributed by atoms with van der Waals surface area (Å²) in [5.74, 6) is -0.145. The van der Waals surface area contributed by atoms with E-state index in [1.54, 1.807) is 24.3 Å². The fraction of sp³-hybridized carbons (Fsp3) is 0.611. The normalized spacial score (nSPS) is 20.6. The predicted octanol–water partition coefficient (Wildman–Crippen LogP) is 2.88.